The first kappa shape index (κ1) is 17.0. The molecule has 0 aliphatic heterocycles. The van der Waals surface area contributed by atoms with Crippen LogP contribution in [0.3, 0.4) is 0 Å². The number of halogens is 1. The van der Waals surface area contributed by atoms with Crippen LogP contribution in [0.15, 0.2) is 54.6 Å². The van der Waals surface area contributed by atoms with Crippen LogP contribution in [0, 0.1) is 5.82 Å². The number of amides is 1. The fourth-order valence-corrected chi connectivity index (χ4v) is 2.60. The molecule has 3 aromatic rings. The van der Waals surface area contributed by atoms with Crippen molar-refractivity contribution in [2.45, 2.75) is 0 Å². The summed E-state index contributed by atoms with van der Waals surface area (Å²) in [6.07, 6.45) is 0. The molecule has 1 heterocycles. The quantitative estimate of drug-likeness (QED) is 0.777. The van der Waals surface area contributed by atoms with Crippen molar-refractivity contribution in [1.82, 2.24) is 15.2 Å². The molecule has 4 nitrogen and oxygen atoms in total. The molecule has 0 saturated carbocycles. The van der Waals surface area contributed by atoms with Crippen molar-refractivity contribution < 1.29 is 9.18 Å². The standard InChI is InChI=1S/C20H20FN3O/c1-24(2)13-12-22-20(25)17-5-3-4-15-8-11-18(23-19(15)17)14-6-9-16(21)10-7-14/h3-11H,12-13H2,1-2H3,(H,22,25). The average molecular weight is 337 g/mol. The Hall–Kier alpha value is -2.79. The van der Waals surface area contributed by atoms with E-state index in [0.717, 1.165) is 17.5 Å². The zero-order valence-corrected chi connectivity index (χ0v) is 14.3. The van der Waals surface area contributed by atoms with Crippen molar-refractivity contribution in [3.8, 4) is 11.3 Å². The molecule has 25 heavy (non-hydrogen) atoms. The molecule has 0 aliphatic rings. The number of carbonyl (C=O) groups is 1. The van der Waals surface area contributed by atoms with Gasteiger partial charge in [-0.3, -0.25) is 4.79 Å². The van der Waals surface area contributed by atoms with Gasteiger partial charge in [0.1, 0.15) is 5.82 Å². The minimum atomic E-state index is -0.287. The van der Waals surface area contributed by atoms with E-state index in [0.29, 0.717) is 23.3 Å². The van der Waals surface area contributed by atoms with Gasteiger partial charge in [-0.1, -0.05) is 18.2 Å². The van der Waals surface area contributed by atoms with E-state index in [9.17, 15) is 9.18 Å². The Morgan fingerprint density at radius 1 is 1.08 bits per heavy atom. The monoisotopic (exact) mass is 337 g/mol. The molecule has 1 N–H and O–H groups in total. The summed E-state index contributed by atoms with van der Waals surface area (Å²) in [4.78, 5) is 19.2. The normalized spacial score (nSPS) is 11.0. The van der Waals surface area contributed by atoms with Crippen LogP contribution in [0.5, 0.6) is 0 Å². The molecule has 0 atom stereocenters. The molecule has 0 radical (unpaired) electrons. The number of para-hydroxylation sites is 1. The van der Waals surface area contributed by atoms with Crippen LogP contribution in [0.25, 0.3) is 22.2 Å². The number of pyridine rings is 1. The summed E-state index contributed by atoms with van der Waals surface area (Å²) in [5.41, 5.74) is 2.71. The van der Waals surface area contributed by atoms with Crippen molar-refractivity contribution in [3.63, 3.8) is 0 Å². The first-order valence-corrected chi connectivity index (χ1v) is 8.13. The lowest BCUT2D eigenvalue weighted by atomic mass is 10.1. The van der Waals surface area contributed by atoms with E-state index < -0.39 is 0 Å². The molecule has 2 aromatic carbocycles. The number of fused-ring (bicyclic) bond motifs is 1. The second-order valence-electron chi connectivity index (χ2n) is 6.14. The Labute approximate surface area is 146 Å². The van der Waals surface area contributed by atoms with E-state index in [1.807, 2.05) is 43.3 Å². The fourth-order valence-electron chi connectivity index (χ4n) is 2.60. The number of nitrogens with one attached hydrogen (secondary N) is 1. The SMILES string of the molecule is CN(C)CCNC(=O)c1cccc2ccc(-c3ccc(F)cc3)nc12. The summed E-state index contributed by atoms with van der Waals surface area (Å²) in [5, 5.41) is 3.81. The number of nitrogens with zero attached hydrogens (tertiary/aromatic N) is 2. The topological polar surface area (TPSA) is 45.2 Å². The summed E-state index contributed by atoms with van der Waals surface area (Å²) in [6, 6.07) is 15.5. The maximum absolute atomic E-state index is 13.1. The Kier molecular flexibility index (Phi) is 5.05. The summed E-state index contributed by atoms with van der Waals surface area (Å²) in [5.74, 6) is -0.429. The highest BCUT2D eigenvalue weighted by molar-refractivity contribution is 6.05. The largest absolute Gasteiger partial charge is 0.351 e. The molecule has 0 unspecified atom stereocenters. The van der Waals surface area contributed by atoms with Gasteiger partial charge in [0, 0.05) is 24.0 Å². The fraction of sp³-hybridized carbons (Fsp3) is 0.200. The van der Waals surface area contributed by atoms with Gasteiger partial charge in [-0.2, -0.15) is 0 Å². The smallest absolute Gasteiger partial charge is 0.253 e. The zero-order chi connectivity index (χ0) is 17.8. The Morgan fingerprint density at radius 3 is 2.56 bits per heavy atom. The van der Waals surface area contributed by atoms with Crippen LogP contribution in [0.1, 0.15) is 10.4 Å². The number of carbonyl (C=O) groups excluding carboxylic acids is 1. The van der Waals surface area contributed by atoms with Gasteiger partial charge < -0.3 is 10.2 Å². The highest BCUT2D eigenvalue weighted by atomic mass is 19.1. The Balaban J connectivity index is 1.94. The molecule has 0 fully saturated rings. The molecule has 0 spiro atoms. The number of hydrogen-bond donors (Lipinski definition) is 1. The van der Waals surface area contributed by atoms with Gasteiger partial charge in [0.25, 0.3) is 5.91 Å². The molecule has 1 aromatic heterocycles. The maximum atomic E-state index is 13.1. The van der Waals surface area contributed by atoms with Crippen LogP contribution in [-0.4, -0.2) is 43.0 Å². The minimum Gasteiger partial charge on any atom is -0.351 e. The van der Waals surface area contributed by atoms with Crippen molar-refractivity contribution in [2.75, 3.05) is 27.2 Å². The van der Waals surface area contributed by atoms with E-state index in [4.69, 9.17) is 0 Å². The lowest BCUT2D eigenvalue weighted by Crippen LogP contribution is -2.31. The molecular formula is C20H20FN3O. The lowest BCUT2D eigenvalue weighted by molar-refractivity contribution is 0.0952. The van der Waals surface area contributed by atoms with Crippen LogP contribution >= 0.6 is 0 Å². The van der Waals surface area contributed by atoms with Gasteiger partial charge >= 0.3 is 0 Å². The maximum Gasteiger partial charge on any atom is 0.253 e. The second kappa shape index (κ2) is 7.40. The summed E-state index contributed by atoms with van der Waals surface area (Å²) >= 11 is 0. The third-order valence-corrected chi connectivity index (χ3v) is 3.95. The summed E-state index contributed by atoms with van der Waals surface area (Å²) in [7, 11) is 3.92. The zero-order valence-electron chi connectivity index (χ0n) is 14.3. The van der Waals surface area contributed by atoms with E-state index in [2.05, 4.69) is 10.3 Å². The molecular weight excluding hydrogens is 317 g/mol. The van der Waals surface area contributed by atoms with Crippen molar-refractivity contribution in [1.29, 1.82) is 0 Å². The van der Waals surface area contributed by atoms with Gasteiger partial charge in [-0.05, 0) is 50.5 Å². The van der Waals surface area contributed by atoms with Crippen LogP contribution in [0.2, 0.25) is 0 Å². The van der Waals surface area contributed by atoms with E-state index in [1.54, 1.807) is 18.2 Å². The Morgan fingerprint density at radius 2 is 1.84 bits per heavy atom. The van der Waals surface area contributed by atoms with Crippen molar-refractivity contribution in [2.24, 2.45) is 0 Å². The molecule has 0 saturated heterocycles. The average Bonchev–Trinajstić information content (AvgIpc) is 2.61. The molecule has 3 rings (SSSR count). The van der Waals surface area contributed by atoms with Crippen LogP contribution in [-0.2, 0) is 0 Å². The van der Waals surface area contributed by atoms with Gasteiger partial charge in [-0.15, -0.1) is 0 Å². The first-order chi connectivity index (χ1) is 12.0. The van der Waals surface area contributed by atoms with Gasteiger partial charge in [0.15, 0.2) is 0 Å². The van der Waals surface area contributed by atoms with E-state index in [1.165, 1.54) is 12.1 Å². The second-order valence-corrected chi connectivity index (χ2v) is 6.14. The van der Waals surface area contributed by atoms with Crippen molar-refractivity contribution >= 4 is 16.8 Å². The summed E-state index contributed by atoms with van der Waals surface area (Å²) < 4.78 is 13.1. The number of hydrogen-bond acceptors (Lipinski definition) is 3. The predicted octanol–water partition coefficient (Wildman–Crippen LogP) is 3.33. The van der Waals surface area contributed by atoms with Gasteiger partial charge in [0.2, 0.25) is 0 Å². The molecule has 128 valence electrons. The highest BCUT2D eigenvalue weighted by Crippen LogP contribution is 2.23. The van der Waals surface area contributed by atoms with Crippen LogP contribution in [0.4, 0.5) is 4.39 Å². The molecule has 0 bridgehead atoms. The molecule has 0 aliphatic carbocycles. The van der Waals surface area contributed by atoms with E-state index in [-0.39, 0.29) is 11.7 Å². The first-order valence-electron chi connectivity index (χ1n) is 8.13. The third kappa shape index (κ3) is 4.00. The number of benzene rings is 2. The van der Waals surface area contributed by atoms with Crippen LogP contribution < -0.4 is 5.32 Å². The molecule has 1 amide bonds. The van der Waals surface area contributed by atoms with Crippen molar-refractivity contribution in [3.05, 3.63) is 66.0 Å². The third-order valence-electron chi connectivity index (χ3n) is 3.95. The molecule has 5 heteroatoms. The number of likely N-dealkylation sites (N-methyl/N-ethyl adjacent to an activating group) is 1. The van der Waals surface area contributed by atoms with Gasteiger partial charge in [-0.25, -0.2) is 9.37 Å². The highest BCUT2D eigenvalue weighted by Gasteiger charge is 2.12. The lowest BCUT2D eigenvalue weighted by Gasteiger charge is -2.12. The Bertz CT molecular complexity index is 891. The number of rotatable bonds is 5. The summed E-state index contributed by atoms with van der Waals surface area (Å²) in [6.45, 7) is 1.34. The van der Waals surface area contributed by atoms with E-state index >= 15 is 0 Å². The predicted molar refractivity (Wildman–Crippen MR) is 98.0 cm³/mol. The van der Waals surface area contributed by atoms with Gasteiger partial charge in [0.05, 0.1) is 16.8 Å². The minimum absolute atomic E-state index is 0.142. The number of aromatic nitrogens is 1.